The molecule has 1 aliphatic carbocycles. The van der Waals surface area contributed by atoms with Crippen molar-refractivity contribution in [2.75, 3.05) is 6.54 Å². The first kappa shape index (κ1) is 8.83. The number of amides is 2. The molecule has 0 aromatic rings. The van der Waals surface area contributed by atoms with Crippen LogP contribution in [0.4, 0.5) is 4.79 Å². The van der Waals surface area contributed by atoms with Gasteiger partial charge in [0.25, 0.3) is 0 Å². The van der Waals surface area contributed by atoms with E-state index in [1.165, 1.54) is 0 Å². The maximum Gasteiger partial charge on any atom is 0.323 e. The number of carbonyl (C=O) groups excluding carboxylic acids is 1. The van der Waals surface area contributed by atoms with Gasteiger partial charge in [-0.25, -0.2) is 4.79 Å². The van der Waals surface area contributed by atoms with Crippen LogP contribution in [-0.2, 0) is 4.79 Å². The number of nitrogens with one attached hydrogen (secondary N) is 2. The molecule has 1 rings (SSSR count). The Morgan fingerprint density at radius 2 is 2.08 bits per heavy atom. The second kappa shape index (κ2) is 3.94. The number of carboxylic acid groups (broad SMARTS) is 1. The molecular weight excluding hydrogens is 160 g/mol. The fourth-order valence-electron chi connectivity index (χ4n) is 0.945. The lowest BCUT2D eigenvalue weighted by atomic mass is 9.93. The molecule has 0 atom stereocenters. The summed E-state index contributed by atoms with van der Waals surface area (Å²) in [7, 11) is 0. The van der Waals surface area contributed by atoms with E-state index in [9.17, 15) is 9.59 Å². The molecule has 0 aromatic heterocycles. The third-order valence-electron chi connectivity index (χ3n) is 1.84. The van der Waals surface area contributed by atoms with Crippen molar-refractivity contribution in [3.8, 4) is 0 Å². The number of rotatable bonds is 3. The van der Waals surface area contributed by atoms with E-state index in [0.29, 0.717) is 0 Å². The molecular formula is C7H12N2O3. The van der Waals surface area contributed by atoms with Gasteiger partial charge in [-0.2, -0.15) is 0 Å². The SMILES string of the molecule is O=C(O)CNC(=O)NC1CCC1. The Hall–Kier alpha value is -1.26. The molecule has 0 spiro atoms. The second-order valence-electron chi connectivity index (χ2n) is 2.85. The standard InChI is InChI=1S/C7H12N2O3/c10-6(11)4-8-7(12)9-5-2-1-3-5/h5H,1-4H2,(H,10,11)(H2,8,9,12). The molecule has 0 aromatic carbocycles. The van der Waals surface area contributed by atoms with Crippen LogP contribution in [0.1, 0.15) is 19.3 Å². The zero-order chi connectivity index (χ0) is 8.97. The molecule has 0 saturated heterocycles. The lowest BCUT2D eigenvalue weighted by molar-refractivity contribution is -0.135. The van der Waals surface area contributed by atoms with Crippen LogP contribution in [0.3, 0.4) is 0 Å². The molecule has 1 fully saturated rings. The summed E-state index contributed by atoms with van der Waals surface area (Å²) in [5.74, 6) is -1.03. The van der Waals surface area contributed by atoms with Gasteiger partial charge < -0.3 is 15.7 Å². The average molecular weight is 172 g/mol. The molecule has 0 radical (unpaired) electrons. The molecule has 68 valence electrons. The first-order valence-corrected chi connectivity index (χ1v) is 3.94. The van der Waals surface area contributed by atoms with Crippen molar-refractivity contribution in [1.82, 2.24) is 10.6 Å². The van der Waals surface area contributed by atoms with E-state index in [4.69, 9.17) is 5.11 Å². The maximum absolute atomic E-state index is 10.9. The number of hydrogen-bond acceptors (Lipinski definition) is 2. The van der Waals surface area contributed by atoms with E-state index >= 15 is 0 Å². The molecule has 12 heavy (non-hydrogen) atoms. The summed E-state index contributed by atoms with van der Waals surface area (Å²) in [5, 5.41) is 13.1. The van der Waals surface area contributed by atoms with Gasteiger partial charge in [-0.05, 0) is 19.3 Å². The summed E-state index contributed by atoms with van der Waals surface area (Å²) in [6.07, 6.45) is 3.14. The Morgan fingerprint density at radius 3 is 2.50 bits per heavy atom. The van der Waals surface area contributed by atoms with Crippen molar-refractivity contribution < 1.29 is 14.7 Å². The lowest BCUT2D eigenvalue weighted by Crippen LogP contribution is -2.46. The predicted molar refractivity (Wildman–Crippen MR) is 41.8 cm³/mol. The summed E-state index contributed by atoms with van der Waals surface area (Å²) in [4.78, 5) is 20.9. The van der Waals surface area contributed by atoms with Crippen molar-refractivity contribution in [3.05, 3.63) is 0 Å². The summed E-state index contributed by atoms with van der Waals surface area (Å²) >= 11 is 0. The van der Waals surface area contributed by atoms with Crippen LogP contribution in [0.2, 0.25) is 0 Å². The zero-order valence-corrected chi connectivity index (χ0v) is 6.67. The largest absolute Gasteiger partial charge is 0.480 e. The first-order chi connectivity index (χ1) is 5.68. The van der Waals surface area contributed by atoms with Gasteiger partial charge in [-0.1, -0.05) is 0 Å². The number of carbonyl (C=O) groups is 2. The molecule has 2 amide bonds. The molecule has 0 unspecified atom stereocenters. The molecule has 0 bridgehead atoms. The van der Waals surface area contributed by atoms with Crippen LogP contribution in [0.25, 0.3) is 0 Å². The maximum atomic E-state index is 10.9. The molecule has 1 saturated carbocycles. The Morgan fingerprint density at radius 1 is 1.42 bits per heavy atom. The zero-order valence-electron chi connectivity index (χ0n) is 6.67. The van der Waals surface area contributed by atoms with E-state index in [1.54, 1.807) is 0 Å². The highest BCUT2D eigenvalue weighted by Gasteiger charge is 2.19. The number of hydrogen-bond donors (Lipinski definition) is 3. The summed E-state index contributed by atoms with van der Waals surface area (Å²) in [6.45, 7) is -0.321. The quantitative estimate of drug-likeness (QED) is 0.557. The van der Waals surface area contributed by atoms with Gasteiger partial charge in [0.15, 0.2) is 0 Å². The second-order valence-corrected chi connectivity index (χ2v) is 2.85. The van der Waals surface area contributed by atoms with Crippen LogP contribution < -0.4 is 10.6 Å². The van der Waals surface area contributed by atoms with Gasteiger partial charge in [-0.15, -0.1) is 0 Å². The van der Waals surface area contributed by atoms with Crippen LogP contribution in [0.5, 0.6) is 0 Å². The smallest absolute Gasteiger partial charge is 0.323 e. The van der Waals surface area contributed by atoms with E-state index < -0.39 is 5.97 Å². The highest BCUT2D eigenvalue weighted by Crippen LogP contribution is 2.17. The minimum atomic E-state index is -1.03. The van der Waals surface area contributed by atoms with Gasteiger partial charge in [-0.3, -0.25) is 4.79 Å². The highest BCUT2D eigenvalue weighted by atomic mass is 16.4. The number of aliphatic carboxylic acids is 1. The molecule has 0 aliphatic heterocycles. The minimum absolute atomic E-state index is 0.249. The Bertz CT molecular complexity index is 189. The fraction of sp³-hybridized carbons (Fsp3) is 0.714. The molecule has 5 heteroatoms. The Labute approximate surface area is 70.1 Å². The third kappa shape index (κ3) is 2.77. The van der Waals surface area contributed by atoms with Crippen molar-refractivity contribution in [1.29, 1.82) is 0 Å². The van der Waals surface area contributed by atoms with Gasteiger partial charge in [0.2, 0.25) is 0 Å². The Balaban J connectivity index is 2.06. The minimum Gasteiger partial charge on any atom is -0.480 e. The predicted octanol–water partition coefficient (Wildman–Crippen LogP) is -0.0773. The summed E-state index contributed by atoms with van der Waals surface area (Å²) in [6, 6.07) is -0.138. The van der Waals surface area contributed by atoms with Gasteiger partial charge in [0.05, 0.1) is 0 Å². The lowest BCUT2D eigenvalue weighted by Gasteiger charge is -2.26. The van der Waals surface area contributed by atoms with Crippen LogP contribution >= 0.6 is 0 Å². The van der Waals surface area contributed by atoms with Crippen molar-refractivity contribution >= 4 is 12.0 Å². The van der Waals surface area contributed by atoms with Crippen LogP contribution in [0, 0.1) is 0 Å². The number of carboxylic acids is 1. The summed E-state index contributed by atoms with van der Waals surface area (Å²) in [5.41, 5.74) is 0. The first-order valence-electron chi connectivity index (χ1n) is 3.94. The normalized spacial score (nSPS) is 16.3. The highest BCUT2D eigenvalue weighted by molar-refractivity contribution is 5.80. The van der Waals surface area contributed by atoms with Gasteiger partial charge >= 0.3 is 12.0 Å². The average Bonchev–Trinajstić information content (AvgIpc) is 1.93. The molecule has 5 nitrogen and oxygen atoms in total. The Kier molecular flexibility index (Phi) is 2.90. The summed E-state index contributed by atoms with van der Waals surface area (Å²) < 4.78 is 0. The van der Waals surface area contributed by atoms with Gasteiger partial charge in [0, 0.05) is 6.04 Å². The van der Waals surface area contributed by atoms with E-state index in [1.807, 2.05) is 0 Å². The van der Waals surface area contributed by atoms with E-state index in [0.717, 1.165) is 19.3 Å². The van der Waals surface area contributed by atoms with E-state index in [2.05, 4.69) is 10.6 Å². The molecule has 3 N–H and O–H groups in total. The molecule has 1 aliphatic rings. The van der Waals surface area contributed by atoms with Crippen molar-refractivity contribution in [2.24, 2.45) is 0 Å². The van der Waals surface area contributed by atoms with E-state index in [-0.39, 0.29) is 18.6 Å². The van der Waals surface area contributed by atoms with Crippen LogP contribution in [0.15, 0.2) is 0 Å². The topological polar surface area (TPSA) is 78.4 Å². The molecule has 0 heterocycles. The van der Waals surface area contributed by atoms with Crippen molar-refractivity contribution in [3.63, 3.8) is 0 Å². The van der Waals surface area contributed by atoms with Gasteiger partial charge in [0.1, 0.15) is 6.54 Å². The fourth-order valence-corrected chi connectivity index (χ4v) is 0.945. The van der Waals surface area contributed by atoms with Crippen molar-refractivity contribution in [2.45, 2.75) is 25.3 Å². The van der Waals surface area contributed by atoms with Crippen LogP contribution in [-0.4, -0.2) is 29.7 Å². The monoisotopic (exact) mass is 172 g/mol. The number of urea groups is 1. The third-order valence-corrected chi connectivity index (χ3v) is 1.84.